The number of carbonyl (C=O) groups excluding carboxylic acids is 18. The number of rotatable bonds is 49. The smallest absolute Gasteiger partial charge is 0.481 e. The van der Waals surface area contributed by atoms with Crippen molar-refractivity contribution in [2.45, 2.75) is 274 Å². The van der Waals surface area contributed by atoms with Gasteiger partial charge in [0.15, 0.2) is 30.5 Å². The molecule has 56 heteroatoms. The number of hydrogen-bond acceptors (Lipinski definition) is 51. The summed E-state index contributed by atoms with van der Waals surface area (Å²) in [5.74, 6) is -23.1. The number of carbonyl (C=O) groups is 23. The average molecular weight is 2230 g/mol. The molecule has 51 nitrogen and oxygen atoms in total. The molecule has 1 aliphatic heterocycles. The molecule has 2 heterocycles. The van der Waals surface area contributed by atoms with Gasteiger partial charge in [0.1, 0.15) is 5.76 Å². The second-order valence-corrected chi connectivity index (χ2v) is 44.3. The van der Waals surface area contributed by atoms with E-state index in [1.54, 1.807) is 76.2 Å². The number of carboxylic acid groups (broad SMARTS) is 5. The summed E-state index contributed by atoms with van der Waals surface area (Å²) < 4.78 is 100. The van der Waals surface area contributed by atoms with E-state index in [-0.39, 0.29) is 59.9 Å². The Labute approximate surface area is 878 Å². The topological polar surface area (TPSA) is 722 Å². The van der Waals surface area contributed by atoms with E-state index >= 15 is 0 Å². The van der Waals surface area contributed by atoms with Crippen LogP contribution in [0.2, 0.25) is 0 Å². The Kier molecular flexibility index (Phi) is 62.1. The van der Waals surface area contributed by atoms with Gasteiger partial charge in [0.25, 0.3) is 5.95 Å². The van der Waals surface area contributed by atoms with Crippen LogP contribution in [0.1, 0.15) is 253 Å². The molecule has 2 fully saturated rings. The molecule has 0 spiro atoms. The van der Waals surface area contributed by atoms with Crippen LogP contribution in [-0.4, -0.2) is 245 Å². The van der Waals surface area contributed by atoms with Gasteiger partial charge in [0.2, 0.25) is 54.3 Å². The Bertz CT molecular complexity index is 4830. The first-order valence-electron chi connectivity index (χ1n) is 45.6. The first kappa shape index (κ1) is 137. The quantitative estimate of drug-likeness (QED) is 0.0230. The molecule has 0 bridgehead atoms. The lowest BCUT2D eigenvalue weighted by Crippen LogP contribution is -2.37. The SMILES string of the molecule is C=C1OC(C)=C(COC(=O)SC[C@H](CC(=O)OCc2oc(=O)oc2C)C(=O)O)O1.CC(=O)OCOC(=O)C[C@@H](C(=O)O)C(C)(C)SC(=O)OCOC(C)=O.CC(C)(C)C(=O)OCOC(=O)C[C@@H](C(=O)O)C(C)(C)SC(=O)OCOC(=O)C(C)(C)C.CC(C)(SC(=O)OCOC(=O)C1CCCCC1)[C@@H](CC(=O)OCOC(=O)C1CCCCC1)C(=O)O.CC(C)C(=O)OCOC(=O)C[C@@H](C(=O)O)C(C)(C)SC(=O)OCOC(=O)C(C)C. The maximum absolute atomic E-state index is 12.2. The zero-order valence-electron chi connectivity index (χ0n) is 86.8. The molecule has 0 unspecified atom stereocenters. The Morgan fingerprint density at radius 3 is 0.933 bits per heavy atom. The van der Waals surface area contributed by atoms with Crippen LogP contribution in [-0.2, 0) is 188 Å². The van der Waals surface area contributed by atoms with E-state index in [0.29, 0.717) is 64.6 Å². The molecule has 4 rings (SSSR count). The van der Waals surface area contributed by atoms with Crippen molar-refractivity contribution in [1.29, 1.82) is 0 Å². The summed E-state index contributed by atoms with van der Waals surface area (Å²) in [6, 6.07) is 0. The van der Waals surface area contributed by atoms with Gasteiger partial charge in [-0.1, -0.05) is 66.2 Å². The third-order valence-electron chi connectivity index (χ3n) is 20.3. The van der Waals surface area contributed by atoms with Gasteiger partial charge in [0.05, 0.1) is 96.2 Å². The summed E-state index contributed by atoms with van der Waals surface area (Å²) in [4.78, 5) is 279. The Balaban J connectivity index is 0.00000185. The van der Waals surface area contributed by atoms with Crippen molar-refractivity contribution in [2.75, 3.05) is 66.7 Å². The van der Waals surface area contributed by atoms with Crippen LogP contribution in [0.25, 0.3) is 0 Å². The molecule has 842 valence electrons. The first-order valence-corrected chi connectivity index (χ1v) is 49.9. The van der Waals surface area contributed by atoms with Crippen molar-refractivity contribution in [1.82, 2.24) is 0 Å². The molecule has 2 aliphatic carbocycles. The van der Waals surface area contributed by atoms with Crippen molar-refractivity contribution >= 4 is 193 Å². The highest BCUT2D eigenvalue weighted by molar-refractivity contribution is 8.15. The van der Waals surface area contributed by atoms with Crippen molar-refractivity contribution in [3.8, 4) is 0 Å². The lowest BCUT2D eigenvalue weighted by molar-refractivity contribution is -0.175. The fourth-order valence-electron chi connectivity index (χ4n) is 11.6. The molecule has 2 saturated carbocycles. The summed E-state index contributed by atoms with van der Waals surface area (Å²) in [6.45, 7) is 31.2. The lowest BCUT2D eigenvalue weighted by Gasteiger charge is -2.29. The van der Waals surface area contributed by atoms with E-state index < -0.39 is 292 Å². The fraction of sp³-hybridized carbons (Fsp3) is 0.677. The molecule has 149 heavy (non-hydrogen) atoms. The number of carboxylic acids is 5. The van der Waals surface area contributed by atoms with Crippen LogP contribution in [0.15, 0.2) is 37.7 Å². The summed E-state index contributed by atoms with van der Waals surface area (Å²) in [5, 5.41) is 42.9. The van der Waals surface area contributed by atoms with E-state index in [1.807, 2.05) is 0 Å². The minimum Gasteiger partial charge on any atom is -0.481 e. The molecule has 0 amide bonds. The van der Waals surface area contributed by atoms with Gasteiger partial charge in [-0.3, -0.25) is 86.3 Å². The van der Waals surface area contributed by atoms with Gasteiger partial charge in [-0.15, -0.1) is 0 Å². The number of ether oxygens (including phenoxy) is 20. The Morgan fingerprint density at radius 1 is 0.349 bits per heavy atom. The van der Waals surface area contributed by atoms with Crippen molar-refractivity contribution in [3.63, 3.8) is 0 Å². The molecule has 1 aromatic rings. The highest BCUT2D eigenvalue weighted by Crippen LogP contribution is 2.41. The molecule has 0 saturated heterocycles. The van der Waals surface area contributed by atoms with Gasteiger partial charge < -0.3 is 129 Å². The maximum Gasteiger partial charge on any atom is 0.519 e. The molecule has 5 N–H and O–H groups in total. The predicted molar refractivity (Wildman–Crippen MR) is 516 cm³/mol. The van der Waals surface area contributed by atoms with Gasteiger partial charge in [0, 0.05) is 38.6 Å². The molecular formula is C93H134O51S5. The van der Waals surface area contributed by atoms with E-state index in [4.69, 9.17) is 75.8 Å². The molecule has 3 aliphatic rings. The second kappa shape index (κ2) is 67.7. The van der Waals surface area contributed by atoms with E-state index in [0.717, 1.165) is 78.1 Å². The van der Waals surface area contributed by atoms with Gasteiger partial charge >= 0.3 is 140 Å². The highest BCUT2D eigenvalue weighted by atomic mass is 32.2. The monoisotopic (exact) mass is 2230 g/mol. The summed E-state index contributed by atoms with van der Waals surface area (Å²) in [7, 11) is 0. The molecule has 5 atom stereocenters. The van der Waals surface area contributed by atoms with Gasteiger partial charge in [-0.2, -0.15) is 0 Å². The van der Waals surface area contributed by atoms with E-state index in [2.05, 4.69) is 34.4 Å². The number of aryl methyl sites for hydroxylation is 1. The number of thioether (sulfide) groups is 5. The van der Waals surface area contributed by atoms with Gasteiger partial charge in [-0.25, -0.2) is 28.8 Å². The maximum atomic E-state index is 12.2. The Hall–Kier alpha value is -12.3. The van der Waals surface area contributed by atoms with Crippen LogP contribution < -0.4 is 5.82 Å². The summed E-state index contributed by atoms with van der Waals surface area (Å²) in [6.07, 6.45) is 6.34. The van der Waals surface area contributed by atoms with Crippen LogP contribution in [0.4, 0.5) is 24.0 Å². The van der Waals surface area contributed by atoms with Crippen LogP contribution in [0.5, 0.6) is 0 Å². The van der Waals surface area contributed by atoms with E-state index in [9.17, 15) is 141 Å². The fourth-order valence-corrected chi connectivity index (χ4v) is 15.8. The molecule has 0 radical (unpaired) electrons. The lowest BCUT2D eigenvalue weighted by atomic mass is 9.89. The number of allylic oxidation sites excluding steroid dienone is 1. The standard InChI is InChI=1S/C24H36O10S.C20H32O10S.C18H28O10S.C17H18O11S.C14H20O10S/c1-24(2,35-23(30)34-15-33-22(29)17-11-7-4-8-12-17)18(20(26)27)13-19(25)31-14-32-21(28)16-9-5-3-6-10-16;1-18(2,3)15(24)28-10-27-13(21)9-12(14(22)23)20(7,8)31-17(26)30-11-29-16(25)19(4,5)6;1-10(2)15(22)26-8-25-13(19)7-12(14(20)21)18(5,6)29-17(24)28-9-27-16(23)11(3)4;1-8-12(27-10(3)25-8)6-24-17(22)29-7-11(15(19)20)4-14(18)23-5-13-9(2)26-16(21)28-13;1-8(15)21-6-23-11(17)5-10(12(18)19)14(3,4)25-13(20)24-7-22-9(2)16/h16-18H,3-15H2,1-2H3,(H,26,27);12H,9-11H2,1-8H3,(H,22,23);10-12H,7-9H2,1-6H3,(H,20,21);11H,3-7H2,1-2H3,(H,19,20);10H,5-7H2,1-4H3,(H,18,19)/t18-;2*12-;11-;10-/m00000/s1. The van der Waals surface area contributed by atoms with Crippen molar-refractivity contribution in [3.05, 3.63) is 46.2 Å². The van der Waals surface area contributed by atoms with Crippen LogP contribution in [0.3, 0.4) is 0 Å². The number of hydrogen-bond donors (Lipinski definition) is 5. The zero-order valence-corrected chi connectivity index (χ0v) is 90.9. The van der Waals surface area contributed by atoms with Crippen molar-refractivity contribution in [2.24, 2.45) is 64.1 Å². The third-order valence-corrected chi connectivity index (χ3v) is 25.6. The number of esters is 13. The first-order chi connectivity index (χ1) is 68.8. The highest BCUT2D eigenvalue weighted by Gasteiger charge is 2.46. The third kappa shape index (κ3) is 59.0. The summed E-state index contributed by atoms with van der Waals surface area (Å²) in [5.41, 5.74) is -1.55. The minimum atomic E-state index is -1.33. The largest absolute Gasteiger partial charge is 0.519 e. The summed E-state index contributed by atoms with van der Waals surface area (Å²) >= 11 is 2.81. The van der Waals surface area contributed by atoms with Gasteiger partial charge in [-0.05, 0) is 202 Å². The normalized spacial score (nSPS) is 14.1. The molecule has 1 aromatic heterocycles. The predicted octanol–water partition coefficient (Wildman–Crippen LogP) is 14.0. The van der Waals surface area contributed by atoms with Crippen LogP contribution >= 0.6 is 58.8 Å². The minimum absolute atomic E-state index is 0.0265. The zero-order chi connectivity index (χ0) is 114. The second-order valence-electron chi connectivity index (χ2n) is 37.0. The van der Waals surface area contributed by atoms with Crippen LogP contribution in [0, 0.1) is 71.0 Å². The van der Waals surface area contributed by atoms with Crippen molar-refractivity contribution < 1.29 is 239 Å². The number of aliphatic carboxylic acids is 5. The Morgan fingerprint density at radius 2 is 0.644 bits per heavy atom. The molecule has 0 aromatic carbocycles. The average Bonchev–Trinajstić information content (AvgIpc) is 0.922. The molecular weight excluding hydrogens is 2090 g/mol. The van der Waals surface area contributed by atoms with E-state index in [1.165, 1.54) is 62.3 Å².